The number of hydrogen-bond donors (Lipinski definition) is 2. The Bertz CT molecular complexity index is 1480. The number of sulfonamides is 2. The Morgan fingerprint density at radius 2 is 1.41 bits per heavy atom. The minimum atomic E-state index is -3.92. The van der Waals surface area contributed by atoms with Crippen LogP contribution in [0.1, 0.15) is 41.5 Å². The van der Waals surface area contributed by atoms with E-state index >= 15 is 0 Å². The van der Waals surface area contributed by atoms with E-state index in [1.165, 1.54) is 52.8 Å². The molecule has 1 aliphatic rings. The van der Waals surface area contributed by atoms with Crippen molar-refractivity contribution in [2.45, 2.75) is 43.4 Å². The van der Waals surface area contributed by atoms with Crippen LogP contribution in [0, 0.1) is 19.8 Å². The van der Waals surface area contributed by atoms with Crippen molar-refractivity contribution in [3.8, 4) is 0 Å². The van der Waals surface area contributed by atoms with E-state index in [4.69, 9.17) is 0 Å². The molecule has 196 valence electrons. The van der Waals surface area contributed by atoms with Gasteiger partial charge in [-0.2, -0.15) is 4.31 Å². The van der Waals surface area contributed by atoms with E-state index in [1.807, 2.05) is 0 Å². The second-order valence-corrected chi connectivity index (χ2v) is 12.8. The van der Waals surface area contributed by atoms with Gasteiger partial charge in [0.15, 0.2) is 0 Å². The Morgan fingerprint density at radius 1 is 0.865 bits per heavy atom. The number of aryl methyl sites for hydroxylation is 2. The molecule has 1 amide bonds. The molecular formula is C25H29N5O5S2. The summed E-state index contributed by atoms with van der Waals surface area (Å²) in [6.45, 7) is 6.58. The van der Waals surface area contributed by atoms with Crippen LogP contribution in [0.4, 0.5) is 11.6 Å². The Labute approximate surface area is 217 Å². The average Bonchev–Trinajstić information content (AvgIpc) is 2.84. The zero-order chi connectivity index (χ0) is 26.8. The molecule has 1 aliphatic heterocycles. The molecule has 1 fully saturated rings. The van der Waals surface area contributed by atoms with Crippen LogP contribution in [0.5, 0.6) is 0 Å². The molecule has 0 bridgehead atoms. The second-order valence-electron chi connectivity index (χ2n) is 9.17. The van der Waals surface area contributed by atoms with Gasteiger partial charge in [-0.25, -0.2) is 31.5 Å². The number of nitrogens with one attached hydrogen (secondary N) is 2. The van der Waals surface area contributed by atoms with E-state index in [9.17, 15) is 21.6 Å². The number of amides is 1. The lowest BCUT2D eigenvalue weighted by atomic mass is 10.0. The third kappa shape index (κ3) is 6.32. The number of rotatable bonds is 7. The normalized spacial score (nSPS) is 15.3. The number of anilines is 2. The van der Waals surface area contributed by atoms with E-state index < -0.39 is 26.0 Å². The summed E-state index contributed by atoms with van der Waals surface area (Å²) in [6.07, 6.45) is 1.66. The first-order chi connectivity index (χ1) is 17.4. The fraction of sp³-hybridized carbons (Fsp3) is 0.320. The predicted molar refractivity (Wildman–Crippen MR) is 140 cm³/mol. The average molecular weight is 544 g/mol. The first-order valence-electron chi connectivity index (χ1n) is 11.8. The molecule has 12 heteroatoms. The van der Waals surface area contributed by atoms with Crippen LogP contribution in [0.15, 0.2) is 64.4 Å². The number of benzene rings is 2. The van der Waals surface area contributed by atoms with Gasteiger partial charge in [-0.1, -0.05) is 6.92 Å². The van der Waals surface area contributed by atoms with Gasteiger partial charge in [-0.3, -0.25) is 4.79 Å². The summed E-state index contributed by atoms with van der Waals surface area (Å²) in [5.41, 5.74) is 1.92. The molecule has 2 N–H and O–H groups in total. The highest BCUT2D eigenvalue weighted by molar-refractivity contribution is 7.92. The molecule has 0 unspecified atom stereocenters. The van der Waals surface area contributed by atoms with E-state index in [-0.39, 0.29) is 21.3 Å². The van der Waals surface area contributed by atoms with E-state index in [0.29, 0.717) is 36.1 Å². The highest BCUT2D eigenvalue weighted by Crippen LogP contribution is 2.24. The van der Waals surface area contributed by atoms with Gasteiger partial charge in [0.05, 0.1) is 9.79 Å². The van der Waals surface area contributed by atoms with Gasteiger partial charge in [0, 0.05) is 35.7 Å². The van der Waals surface area contributed by atoms with Gasteiger partial charge in [-0.15, -0.1) is 0 Å². The molecule has 1 saturated heterocycles. The largest absolute Gasteiger partial charge is 0.322 e. The number of hydrogen-bond acceptors (Lipinski definition) is 7. The van der Waals surface area contributed by atoms with E-state index in [2.05, 4.69) is 26.9 Å². The molecule has 0 atom stereocenters. The maximum absolute atomic E-state index is 12.9. The lowest BCUT2D eigenvalue weighted by molar-refractivity contribution is 0.102. The van der Waals surface area contributed by atoms with Gasteiger partial charge in [0.2, 0.25) is 16.0 Å². The van der Waals surface area contributed by atoms with E-state index in [0.717, 1.165) is 12.8 Å². The number of carbonyl (C=O) groups is 1. The fourth-order valence-electron chi connectivity index (χ4n) is 4.02. The van der Waals surface area contributed by atoms with Gasteiger partial charge < -0.3 is 5.32 Å². The third-order valence-electron chi connectivity index (χ3n) is 6.13. The molecule has 2 aromatic carbocycles. The summed E-state index contributed by atoms with van der Waals surface area (Å²) >= 11 is 0. The molecule has 0 saturated carbocycles. The molecule has 0 spiro atoms. The summed E-state index contributed by atoms with van der Waals surface area (Å²) in [4.78, 5) is 21.0. The zero-order valence-corrected chi connectivity index (χ0v) is 22.4. The molecule has 3 aromatic rings. The minimum absolute atomic E-state index is 0.0183. The second kappa shape index (κ2) is 10.6. The smallest absolute Gasteiger partial charge is 0.264 e. The van der Waals surface area contributed by atoms with Crippen molar-refractivity contribution >= 4 is 37.6 Å². The van der Waals surface area contributed by atoms with Gasteiger partial charge in [0.25, 0.3) is 15.9 Å². The number of piperidine rings is 1. The lowest BCUT2D eigenvalue weighted by Crippen LogP contribution is -2.37. The number of carbonyl (C=O) groups excluding carboxylic acids is 1. The zero-order valence-electron chi connectivity index (χ0n) is 20.8. The molecule has 2 heterocycles. The maximum atomic E-state index is 12.9. The Kier molecular flexibility index (Phi) is 7.62. The standard InChI is InChI=1S/C25H29N5O5S2/c1-17-12-14-30(15-13-17)37(34,35)23-8-4-20(5-9-23)24(31)28-21-6-10-22(11-7-21)36(32,33)29-25-26-18(2)16-19(3)27-25/h4-11,16-17H,12-15H2,1-3H3,(H,28,31)(H,26,27,29). The Morgan fingerprint density at radius 3 is 1.97 bits per heavy atom. The first kappa shape index (κ1) is 26.7. The van der Waals surface area contributed by atoms with Crippen molar-refractivity contribution in [2.75, 3.05) is 23.1 Å². The van der Waals surface area contributed by atoms with Crippen LogP contribution in [0.3, 0.4) is 0 Å². The number of aromatic nitrogens is 2. The van der Waals surface area contributed by atoms with E-state index in [1.54, 1.807) is 19.9 Å². The molecular weight excluding hydrogens is 514 g/mol. The molecule has 0 radical (unpaired) electrons. The molecule has 1 aromatic heterocycles. The Hall–Kier alpha value is -3.35. The van der Waals surface area contributed by atoms with Crippen molar-refractivity contribution in [3.63, 3.8) is 0 Å². The number of nitrogens with zero attached hydrogens (tertiary/aromatic N) is 3. The molecule has 10 nitrogen and oxygen atoms in total. The minimum Gasteiger partial charge on any atom is -0.322 e. The van der Waals surface area contributed by atoms with Crippen molar-refractivity contribution in [2.24, 2.45) is 5.92 Å². The van der Waals surface area contributed by atoms with Crippen molar-refractivity contribution in [3.05, 3.63) is 71.5 Å². The van der Waals surface area contributed by atoms with Gasteiger partial charge >= 0.3 is 0 Å². The summed E-state index contributed by atoms with van der Waals surface area (Å²) in [5.74, 6) is 0.0395. The highest BCUT2D eigenvalue weighted by atomic mass is 32.2. The van der Waals surface area contributed by atoms with Crippen LogP contribution < -0.4 is 10.0 Å². The fourth-order valence-corrected chi connectivity index (χ4v) is 6.44. The molecule has 37 heavy (non-hydrogen) atoms. The van der Waals surface area contributed by atoms with Crippen LogP contribution in [-0.2, 0) is 20.0 Å². The van der Waals surface area contributed by atoms with Crippen molar-refractivity contribution in [1.29, 1.82) is 0 Å². The SMILES string of the molecule is Cc1cc(C)nc(NS(=O)(=O)c2ccc(NC(=O)c3ccc(S(=O)(=O)N4CCC(C)CC4)cc3)cc2)n1. The first-order valence-corrected chi connectivity index (χ1v) is 14.7. The highest BCUT2D eigenvalue weighted by Gasteiger charge is 2.28. The Balaban J connectivity index is 1.41. The molecule has 0 aliphatic carbocycles. The van der Waals surface area contributed by atoms with Gasteiger partial charge in [-0.05, 0) is 87.2 Å². The lowest BCUT2D eigenvalue weighted by Gasteiger charge is -2.29. The van der Waals surface area contributed by atoms with Crippen LogP contribution in [0.2, 0.25) is 0 Å². The summed E-state index contributed by atoms with van der Waals surface area (Å²) < 4.78 is 55.0. The monoisotopic (exact) mass is 543 g/mol. The summed E-state index contributed by atoms with van der Waals surface area (Å²) in [6, 6.07) is 13.2. The predicted octanol–water partition coefficient (Wildman–Crippen LogP) is 3.57. The molecule has 4 rings (SSSR count). The quantitative estimate of drug-likeness (QED) is 0.464. The van der Waals surface area contributed by atoms with Crippen LogP contribution in [-0.4, -0.2) is 50.1 Å². The van der Waals surface area contributed by atoms with Gasteiger partial charge in [0.1, 0.15) is 0 Å². The summed E-state index contributed by atoms with van der Waals surface area (Å²) in [7, 11) is -7.53. The van der Waals surface area contributed by atoms with Crippen LogP contribution >= 0.6 is 0 Å². The topological polar surface area (TPSA) is 138 Å². The van der Waals surface area contributed by atoms with Crippen LogP contribution in [0.25, 0.3) is 0 Å². The van der Waals surface area contributed by atoms with Crippen molar-refractivity contribution < 1.29 is 21.6 Å². The van der Waals surface area contributed by atoms with Crippen molar-refractivity contribution in [1.82, 2.24) is 14.3 Å². The maximum Gasteiger partial charge on any atom is 0.264 e. The third-order valence-corrected chi connectivity index (χ3v) is 9.38. The summed E-state index contributed by atoms with van der Waals surface area (Å²) in [5, 5.41) is 2.69.